The van der Waals surface area contributed by atoms with Gasteiger partial charge in [0, 0.05) is 23.0 Å². The van der Waals surface area contributed by atoms with Gasteiger partial charge in [0.15, 0.2) is 0 Å². The number of rotatable bonds is 7. The van der Waals surface area contributed by atoms with E-state index in [-0.39, 0.29) is 5.91 Å². The molecule has 148 valence electrons. The van der Waals surface area contributed by atoms with Crippen molar-refractivity contribution in [2.45, 2.75) is 19.4 Å². The predicted octanol–water partition coefficient (Wildman–Crippen LogP) is 5.82. The van der Waals surface area contributed by atoms with Crippen LogP contribution in [0.3, 0.4) is 0 Å². The molecule has 0 radical (unpaired) electrons. The predicted molar refractivity (Wildman–Crippen MR) is 120 cm³/mol. The number of nitrogens with zero attached hydrogens (tertiary/aromatic N) is 2. The Bertz CT molecular complexity index is 1140. The first kappa shape index (κ1) is 20.0. The van der Waals surface area contributed by atoms with E-state index < -0.39 is 0 Å². The summed E-state index contributed by atoms with van der Waals surface area (Å²) in [6.07, 6.45) is 1.55. The third-order valence-corrected chi connectivity index (χ3v) is 6.14. The lowest BCUT2D eigenvalue weighted by molar-refractivity contribution is 0.0957. The highest BCUT2D eigenvalue weighted by Gasteiger charge is 2.13. The number of aryl methyl sites for hydroxylation is 1. The molecule has 0 fully saturated rings. The van der Waals surface area contributed by atoms with Gasteiger partial charge in [-0.25, -0.2) is 4.98 Å². The Kier molecular flexibility index (Phi) is 6.19. The number of aromatic nitrogens is 2. The zero-order valence-electron chi connectivity index (χ0n) is 15.6. The highest BCUT2D eigenvalue weighted by Crippen LogP contribution is 2.25. The maximum atomic E-state index is 12.1. The number of thiophene rings is 1. The monoisotopic (exact) mass is 443 g/mol. The Hall–Kier alpha value is -2.34. The number of carbonyl (C=O) groups is 1. The molecule has 0 aliphatic rings. The fourth-order valence-electron chi connectivity index (χ4n) is 3.26. The summed E-state index contributed by atoms with van der Waals surface area (Å²) >= 11 is 13.9. The Balaban J connectivity index is 1.49. The van der Waals surface area contributed by atoms with Gasteiger partial charge < -0.3 is 9.88 Å². The van der Waals surface area contributed by atoms with Crippen molar-refractivity contribution in [3.63, 3.8) is 0 Å². The van der Waals surface area contributed by atoms with Crippen LogP contribution >= 0.6 is 34.5 Å². The van der Waals surface area contributed by atoms with Gasteiger partial charge in [0.2, 0.25) is 0 Å². The molecular formula is C22H19Cl2N3OS. The molecule has 0 bridgehead atoms. The molecule has 0 aliphatic carbocycles. The van der Waals surface area contributed by atoms with Crippen molar-refractivity contribution in [1.29, 1.82) is 0 Å². The van der Waals surface area contributed by atoms with Crippen molar-refractivity contribution >= 4 is 51.5 Å². The third kappa shape index (κ3) is 4.64. The molecule has 4 nitrogen and oxygen atoms in total. The summed E-state index contributed by atoms with van der Waals surface area (Å²) in [5.41, 5.74) is 3.01. The van der Waals surface area contributed by atoms with Crippen molar-refractivity contribution in [3.05, 3.63) is 86.3 Å². The van der Waals surface area contributed by atoms with Crippen LogP contribution in [0.4, 0.5) is 0 Å². The minimum absolute atomic E-state index is 0.0264. The summed E-state index contributed by atoms with van der Waals surface area (Å²) in [7, 11) is 0. The number of hydrogen-bond donors (Lipinski definition) is 1. The van der Waals surface area contributed by atoms with Crippen molar-refractivity contribution < 1.29 is 4.79 Å². The molecule has 7 heteroatoms. The number of halogens is 2. The summed E-state index contributed by atoms with van der Waals surface area (Å²) in [6.45, 7) is 1.22. The van der Waals surface area contributed by atoms with Gasteiger partial charge in [-0.2, -0.15) is 0 Å². The summed E-state index contributed by atoms with van der Waals surface area (Å²) in [6, 6.07) is 17.3. The maximum Gasteiger partial charge on any atom is 0.261 e. The molecule has 1 amide bonds. The van der Waals surface area contributed by atoms with Gasteiger partial charge >= 0.3 is 0 Å². The van der Waals surface area contributed by atoms with Gasteiger partial charge in [0.25, 0.3) is 5.91 Å². The van der Waals surface area contributed by atoms with Crippen molar-refractivity contribution in [3.8, 4) is 0 Å². The average Bonchev–Trinajstić information content (AvgIpc) is 3.36. The number of para-hydroxylation sites is 2. The van der Waals surface area contributed by atoms with Crippen LogP contribution in [0, 0.1) is 0 Å². The highest BCUT2D eigenvalue weighted by molar-refractivity contribution is 7.12. The summed E-state index contributed by atoms with van der Waals surface area (Å²) in [5, 5.41) is 6.14. The Labute approximate surface area is 183 Å². The van der Waals surface area contributed by atoms with Crippen LogP contribution in [0.25, 0.3) is 11.0 Å². The van der Waals surface area contributed by atoms with Crippen LogP contribution in [-0.4, -0.2) is 22.0 Å². The summed E-state index contributed by atoms with van der Waals surface area (Å²) in [5.74, 6) is 0.948. The van der Waals surface area contributed by atoms with E-state index in [0.29, 0.717) is 23.1 Å². The van der Waals surface area contributed by atoms with Crippen LogP contribution in [0.1, 0.15) is 27.5 Å². The van der Waals surface area contributed by atoms with E-state index in [1.54, 1.807) is 6.07 Å². The van der Waals surface area contributed by atoms with E-state index in [1.165, 1.54) is 11.3 Å². The lowest BCUT2D eigenvalue weighted by atomic mass is 10.2. The fourth-order valence-corrected chi connectivity index (χ4v) is 4.36. The number of fused-ring (bicyclic) bond motifs is 1. The van der Waals surface area contributed by atoms with Crippen LogP contribution in [0.5, 0.6) is 0 Å². The zero-order valence-corrected chi connectivity index (χ0v) is 17.9. The zero-order chi connectivity index (χ0) is 20.2. The van der Waals surface area contributed by atoms with E-state index in [4.69, 9.17) is 28.2 Å². The quantitative estimate of drug-likeness (QED) is 0.366. The molecule has 2 aromatic carbocycles. The number of carbonyl (C=O) groups excluding carboxylic acids is 1. The van der Waals surface area contributed by atoms with E-state index in [2.05, 4.69) is 16.0 Å². The molecule has 0 unspecified atom stereocenters. The van der Waals surface area contributed by atoms with Gasteiger partial charge in [-0.15, -0.1) is 11.3 Å². The molecule has 2 heterocycles. The summed E-state index contributed by atoms with van der Waals surface area (Å²) < 4.78 is 2.19. The van der Waals surface area contributed by atoms with E-state index in [1.807, 2.05) is 47.8 Å². The molecule has 0 aliphatic heterocycles. The highest BCUT2D eigenvalue weighted by atomic mass is 35.5. The van der Waals surface area contributed by atoms with Gasteiger partial charge in [-0.05, 0) is 47.7 Å². The first-order chi connectivity index (χ1) is 14.1. The second kappa shape index (κ2) is 8.99. The number of nitrogens with one attached hydrogen (secondary N) is 1. The van der Waals surface area contributed by atoms with Gasteiger partial charge in [-0.3, -0.25) is 4.79 Å². The van der Waals surface area contributed by atoms with Gasteiger partial charge in [0.05, 0.1) is 22.5 Å². The number of amides is 1. The van der Waals surface area contributed by atoms with Gasteiger partial charge in [-0.1, -0.05) is 47.5 Å². The standard InChI is InChI=1S/C22H19Cl2N3OS/c23-16-10-9-15(17(24)13-16)14-27-19-6-2-1-5-18(19)26-21(27)8-3-11-25-22(28)20-7-4-12-29-20/h1-2,4-7,9-10,12-13H,3,8,11,14H2,(H,25,28). The van der Waals surface area contributed by atoms with Crippen molar-refractivity contribution in [1.82, 2.24) is 14.9 Å². The Morgan fingerprint density at radius 1 is 1.10 bits per heavy atom. The first-order valence-electron chi connectivity index (χ1n) is 9.31. The Morgan fingerprint density at radius 3 is 2.76 bits per heavy atom. The smallest absolute Gasteiger partial charge is 0.261 e. The normalized spacial score (nSPS) is 11.1. The molecule has 1 N–H and O–H groups in total. The van der Waals surface area contributed by atoms with Crippen LogP contribution in [0.2, 0.25) is 10.0 Å². The van der Waals surface area contributed by atoms with E-state index >= 15 is 0 Å². The SMILES string of the molecule is O=C(NCCCc1nc2ccccc2n1Cc1ccc(Cl)cc1Cl)c1cccs1. The number of imidazole rings is 1. The molecule has 0 saturated heterocycles. The molecule has 2 aromatic heterocycles. The molecule has 0 spiro atoms. The number of hydrogen-bond acceptors (Lipinski definition) is 3. The van der Waals surface area contributed by atoms with E-state index in [9.17, 15) is 4.79 Å². The molecule has 4 rings (SSSR count). The topological polar surface area (TPSA) is 46.9 Å². The molecule has 29 heavy (non-hydrogen) atoms. The maximum absolute atomic E-state index is 12.1. The number of benzene rings is 2. The molecular weight excluding hydrogens is 425 g/mol. The average molecular weight is 444 g/mol. The second-order valence-electron chi connectivity index (χ2n) is 6.68. The second-order valence-corrected chi connectivity index (χ2v) is 8.47. The van der Waals surface area contributed by atoms with Crippen LogP contribution in [0.15, 0.2) is 60.0 Å². The third-order valence-electron chi connectivity index (χ3n) is 4.68. The minimum Gasteiger partial charge on any atom is -0.351 e. The van der Waals surface area contributed by atoms with Gasteiger partial charge in [0.1, 0.15) is 5.82 Å². The van der Waals surface area contributed by atoms with Crippen LogP contribution < -0.4 is 5.32 Å². The molecule has 0 saturated carbocycles. The van der Waals surface area contributed by atoms with E-state index in [0.717, 1.165) is 40.1 Å². The lowest BCUT2D eigenvalue weighted by Crippen LogP contribution is -2.24. The molecule has 0 atom stereocenters. The van der Waals surface area contributed by atoms with Crippen molar-refractivity contribution in [2.24, 2.45) is 0 Å². The van der Waals surface area contributed by atoms with Crippen molar-refractivity contribution in [2.75, 3.05) is 6.54 Å². The fraction of sp³-hybridized carbons (Fsp3) is 0.182. The largest absolute Gasteiger partial charge is 0.351 e. The Morgan fingerprint density at radius 2 is 1.97 bits per heavy atom. The van der Waals surface area contributed by atoms with Crippen LogP contribution in [-0.2, 0) is 13.0 Å². The minimum atomic E-state index is -0.0264. The lowest BCUT2D eigenvalue weighted by Gasteiger charge is -2.11. The summed E-state index contributed by atoms with van der Waals surface area (Å²) in [4.78, 5) is 17.6. The first-order valence-corrected chi connectivity index (χ1v) is 10.9. The molecule has 4 aromatic rings.